The molecule has 3 rings (SSSR count). The number of esters is 1. The number of fused-ring (bicyclic) bond motifs is 3. The van der Waals surface area contributed by atoms with E-state index in [1.807, 2.05) is 50.2 Å². The van der Waals surface area contributed by atoms with E-state index in [1.165, 1.54) is 11.0 Å². The first-order valence-electron chi connectivity index (χ1n) is 12.2. The number of nitrogens with zero attached hydrogens (tertiary/aromatic N) is 1. The van der Waals surface area contributed by atoms with Crippen molar-refractivity contribution in [3.63, 3.8) is 0 Å². The van der Waals surface area contributed by atoms with Crippen molar-refractivity contribution in [1.29, 1.82) is 0 Å². The quantitative estimate of drug-likeness (QED) is 0.397. The summed E-state index contributed by atoms with van der Waals surface area (Å²) in [5.74, 6) is -1.24. The van der Waals surface area contributed by atoms with Crippen molar-refractivity contribution in [1.82, 2.24) is 10.2 Å². The molecule has 1 atom stereocenters. The Morgan fingerprint density at radius 3 is 2.08 bits per heavy atom. The molecule has 36 heavy (non-hydrogen) atoms. The van der Waals surface area contributed by atoms with E-state index in [2.05, 4.69) is 24.0 Å². The molecule has 7 heteroatoms. The minimum absolute atomic E-state index is 0.0826. The molecule has 0 saturated carbocycles. The van der Waals surface area contributed by atoms with Crippen LogP contribution in [-0.4, -0.2) is 54.2 Å². The average molecular weight is 493 g/mol. The number of ether oxygens (including phenoxy) is 2. The maximum Gasteiger partial charge on any atom is 0.407 e. The Bertz CT molecular complexity index is 1070. The molecular formula is C29H36N2O5. The molecular weight excluding hydrogens is 456 g/mol. The fraction of sp³-hybridized carbons (Fsp3) is 0.414. The van der Waals surface area contributed by atoms with Gasteiger partial charge in [-0.2, -0.15) is 0 Å². The molecule has 0 aliphatic heterocycles. The Labute approximate surface area is 213 Å². The standard InChI is InChI=1S/C29H36N2O5/c1-7-16-31(17-25(32)36-29(4,5)6)27(33)26(19(2)3)30-28(34)35-18-24-22-14-10-8-12-20(22)21-13-9-11-15-23(21)24/h7-15,19,24,26H,1,16-18H2,2-6H3,(H,30,34)/t26-/m1/s1. The van der Waals surface area contributed by atoms with Crippen molar-refractivity contribution < 1.29 is 23.9 Å². The molecule has 0 unspecified atom stereocenters. The maximum absolute atomic E-state index is 13.3. The van der Waals surface area contributed by atoms with Crippen LogP contribution >= 0.6 is 0 Å². The zero-order valence-corrected chi connectivity index (χ0v) is 21.7. The van der Waals surface area contributed by atoms with Gasteiger partial charge in [-0.15, -0.1) is 6.58 Å². The average Bonchev–Trinajstić information content (AvgIpc) is 3.13. The van der Waals surface area contributed by atoms with Gasteiger partial charge in [0, 0.05) is 12.5 Å². The van der Waals surface area contributed by atoms with E-state index in [1.54, 1.807) is 20.8 Å². The van der Waals surface area contributed by atoms with E-state index in [9.17, 15) is 14.4 Å². The highest BCUT2D eigenvalue weighted by Gasteiger charge is 2.32. The number of amides is 2. The van der Waals surface area contributed by atoms with Crippen molar-refractivity contribution >= 4 is 18.0 Å². The van der Waals surface area contributed by atoms with E-state index < -0.39 is 29.6 Å². The summed E-state index contributed by atoms with van der Waals surface area (Å²) in [5.41, 5.74) is 3.82. The van der Waals surface area contributed by atoms with Crippen LogP contribution in [0.1, 0.15) is 51.7 Å². The number of hydrogen-bond donors (Lipinski definition) is 1. The van der Waals surface area contributed by atoms with Crippen LogP contribution in [0, 0.1) is 5.92 Å². The van der Waals surface area contributed by atoms with Crippen LogP contribution in [0.15, 0.2) is 61.2 Å². The molecule has 0 bridgehead atoms. The fourth-order valence-electron chi connectivity index (χ4n) is 4.40. The first-order chi connectivity index (χ1) is 17.0. The van der Waals surface area contributed by atoms with Gasteiger partial charge in [0.2, 0.25) is 5.91 Å². The second kappa shape index (κ2) is 11.4. The third kappa shape index (κ3) is 6.53. The summed E-state index contributed by atoms with van der Waals surface area (Å²) < 4.78 is 11.0. The minimum Gasteiger partial charge on any atom is -0.459 e. The molecule has 192 valence electrons. The van der Waals surface area contributed by atoms with Crippen LogP contribution in [0.5, 0.6) is 0 Å². The minimum atomic E-state index is -0.872. The van der Waals surface area contributed by atoms with Gasteiger partial charge < -0.3 is 19.7 Å². The number of alkyl carbamates (subject to hydrolysis) is 1. The lowest BCUT2D eigenvalue weighted by atomic mass is 9.98. The Hall–Kier alpha value is -3.61. The Morgan fingerprint density at radius 1 is 1.03 bits per heavy atom. The summed E-state index contributed by atoms with van der Waals surface area (Å²) in [7, 11) is 0. The predicted octanol–water partition coefficient (Wildman–Crippen LogP) is 4.91. The zero-order chi connectivity index (χ0) is 26.5. The molecule has 0 fully saturated rings. The molecule has 1 aliphatic rings. The van der Waals surface area contributed by atoms with Gasteiger partial charge in [0.15, 0.2) is 0 Å². The van der Waals surface area contributed by atoms with E-state index in [-0.39, 0.29) is 31.5 Å². The van der Waals surface area contributed by atoms with Gasteiger partial charge in [0.1, 0.15) is 24.8 Å². The smallest absolute Gasteiger partial charge is 0.407 e. The number of hydrogen-bond acceptors (Lipinski definition) is 5. The van der Waals surface area contributed by atoms with Crippen LogP contribution in [0.2, 0.25) is 0 Å². The van der Waals surface area contributed by atoms with Gasteiger partial charge >= 0.3 is 12.1 Å². The number of carbonyl (C=O) groups excluding carboxylic acids is 3. The highest BCUT2D eigenvalue weighted by atomic mass is 16.6. The van der Waals surface area contributed by atoms with Crippen molar-refractivity contribution in [3.05, 3.63) is 72.3 Å². The van der Waals surface area contributed by atoms with Gasteiger partial charge in [0.25, 0.3) is 0 Å². The summed E-state index contributed by atoms with van der Waals surface area (Å²) in [6, 6.07) is 15.3. The van der Waals surface area contributed by atoms with Crippen molar-refractivity contribution in [3.8, 4) is 11.1 Å². The molecule has 1 N–H and O–H groups in total. The second-order valence-electron chi connectivity index (χ2n) is 10.3. The Kier molecular flexibility index (Phi) is 8.56. The summed E-state index contributed by atoms with van der Waals surface area (Å²) in [5, 5.41) is 2.71. The van der Waals surface area contributed by atoms with Gasteiger partial charge in [0.05, 0.1) is 0 Å². The maximum atomic E-state index is 13.3. The summed E-state index contributed by atoms with van der Waals surface area (Å²) in [6.45, 7) is 12.7. The molecule has 0 aromatic heterocycles. The van der Waals surface area contributed by atoms with E-state index >= 15 is 0 Å². The molecule has 7 nitrogen and oxygen atoms in total. The molecule has 2 aromatic carbocycles. The Morgan fingerprint density at radius 2 is 1.58 bits per heavy atom. The van der Waals surface area contributed by atoms with Crippen LogP contribution in [0.25, 0.3) is 11.1 Å². The highest BCUT2D eigenvalue weighted by Crippen LogP contribution is 2.44. The molecule has 1 aliphatic carbocycles. The molecule has 0 saturated heterocycles. The molecule has 2 amide bonds. The lowest BCUT2D eigenvalue weighted by molar-refractivity contribution is -0.159. The van der Waals surface area contributed by atoms with Gasteiger partial charge in [-0.05, 0) is 48.9 Å². The van der Waals surface area contributed by atoms with Crippen molar-refractivity contribution in [2.75, 3.05) is 19.7 Å². The number of carbonyl (C=O) groups is 3. The van der Waals surface area contributed by atoms with Gasteiger partial charge in [-0.25, -0.2) is 4.79 Å². The zero-order valence-electron chi connectivity index (χ0n) is 21.7. The van der Waals surface area contributed by atoms with Crippen molar-refractivity contribution in [2.24, 2.45) is 5.92 Å². The SMILES string of the molecule is C=CCN(CC(=O)OC(C)(C)C)C(=O)[C@H](NC(=O)OCC1c2ccccc2-c2ccccc21)C(C)C. The summed E-state index contributed by atoms with van der Waals surface area (Å²) in [6.07, 6.45) is 0.854. The number of benzene rings is 2. The third-order valence-corrected chi connectivity index (χ3v) is 5.95. The van der Waals surface area contributed by atoms with Crippen LogP contribution < -0.4 is 5.32 Å². The third-order valence-electron chi connectivity index (χ3n) is 5.95. The Balaban J connectivity index is 1.67. The number of nitrogens with one attached hydrogen (secondary N) is 1. The molecule has 0 spiro atoms. The highest BCUT2D eigenvalue weighted by molar-refractivity contribution is 5.89. The van der Waals surface area contributed by atoms with Gasteiger partial charge in [-0.1, -0.05) is 68.5 Å². The van der Waals surface area contributed by atoms with Crippen LogP contribution in [0.3, 0.4) is 0 Å². The lowest BCUT2D eigenvalue weighted by Crippen LogP contribution is -2.53. The lowest BCUT2D eigenvalue weighted by Gasteiger charge is -2.29. The first kappa shape index (κ1) is 27.0. The van der Waals surface area contributed by atoms with Crippen LogP contribution in [0.4, 0.5) is 4.79 Å². The largest absolute Gasteiger partial charge is 0.459 e. The molecule has 0 radical (unpaired) electrons. The fourth-order valence-corrected chi connectivity index (χ4v) is 4.40. The predicted molar refractivity (Wildman–Crippen MR) is 139 cm³/mol. The van der Waals surface area contributed by atoms with E-state index in [0.29, 0.717) is 0 Å². The monoisotopic (exact) mass is 492 g/mol. The molecule has 2 aromatic rings. The topological polar surface area (TPSA) is 84.9 Å². The second-order valence-corrected chi connectivity index (χ2v) is 10.3. The van der Waals surface area contributed by atoms with Gasteiger partial charge in [-0.3, -0.25) is 9.59 Å². The van der Waals surface area contributed by atoms with E-state index in [4.69, 9.17) is 9.47 Å². The molecule has 0 heterocycles. The van der Waals surface area contributed by atoms with E-state index in [0.717, 1.165) is 22.3 Å². The summed E-state index contributed by atoms with van der Waals surface area (Å²) >= 11 is 0. The number of rotatable bonds is 9. The van der Waals surface area contributed by atoms with Crippen molar-refractivity contribution in [2.45, 2.75) is 52.2 Å². The first-order valence-corrected chi connectivity index (χ1v) is 12.2. The summed E-state index contributed by atoms with van der Waals surface area (Å²) in [4.78, 5) is 39.8. The normalized spacial score (nSPS) is 13.4. The van der Waals surface area contributed by atoms with Crippen LogP contribution in [-0.2, 0) is 19.1 Å².